The zero-order valence-corrected chi connectivity index (χ0v) is 11.0. The van der Waals surface area contributed by atoms with Gasteiger partial charge in [0.25, 0.3) is 0 Å². The lowest BCUT2D eigenvalue weighted by Gasteiger charge is -2.07. The van der Waals surface area contributed by atoms with Gasteiger partial charge in [0, 0.05) is 19.0 Å². The third kappa shape index (κ3) is 4.23. The van der Waals surface area contributed by atoms with Crippen LogP contribution >= 0.6 is 0 Å². The fourth-order valence-corrected chi connectivity index (χ4v) is 1.41. The molecule has 8 heteroatoms. The van der Waals surface area contributed by atoms with Crippen LogP contribution in [-0.4, -0.2) is 47.7 Å². The number of anilines is 1. The summed E-state index contributed by atoms with van der Waals surface area (Å²) in [4.78, 5) is 23.4. The Morgan fingerprint density at radius 3 is 2.37 bits per heavy atom. The highest BCUT2D eigenvalue weighted by Crippen LogP contribution is 2.18. The number of rotatable bonds is 7. The van der Waals surface area contributed by atoms with Gasteiger partial charge in [-0.3, -0.25) is 4.79 Å². The highest BCUT2D eigenvalue weighted by Gasteiger charge is 2.22. The average molecular weight is 267 g/mol. The van der Waals surface area contributed by atoms with Gasteiger partial charge in [-0.2, -0.15) is 9.97 Å². The Labute approximate surface area is 110 Å². The summed E-state index contributed by atoms with van der Waals surface area (Å²) in [7, 11) is 2.92. The van der Waals surface area contributed by atoms with E-state index in [1.807, 2.05) is 0 Å². The third-order valence-corrected chi connectivity index (χ3v) is 2.54. The fraction of sp³-hybridized carbons (Fsp3) is 0.636. The standard InChI is InChI=1S/C11H17N5O3/c1-18-10-14-9(15-11(16-10)19-2)12-6-5-8(17)13-7-3-4-7/h7H,3-6H2,1-2H3,(H,13,17)(H,12,14,15,16). The first-order chi connectivity index (χ1) is 9.21. The van der Waals surface area contributed by atoms with Crippen LogP contribution in [0.3, 0.4) is 0 Å². The quantitative estimate of drug-likeness (QED) is 0.715. The van der Waals surface area contributed by atoms with E-state index in [0.717, 1.165) is 12.8 Å². The van der Waals surface area contributed by atoms with Gasteiger partial charge in [0.05, 0.1) is 14.2 Å². The molecule has 0 bridgehead atoms. The van der Waals surface area contributed by atoms with E-state index in [4.69, 9.17) is 9.47 Å². The van der Waals surface area contributed by atoms with Crippen LogP contribution < -0.4 is 20.1 Å². The Kier molecular flexibility index (Phi) is 4.32. The van der Waals surface area contributed by atoms with Gasteiger partial charge in [-0.15, -0.1) is 4.98 Å². The molecule has 0 aromatic carbocycles. The van der Waals surface area contributed by atoms with Crippen LogP contribution in [0.15, 0.2) is 0 Å². The molecule has 0 atom stereocenters. The largest absolute Gasteiger partial charge is 0.467 e. The van der Waals surface area contributed by atoms with E-state index in [-0.39, 0.29) is 17.9 Å². The summed E-state index contributed by atoms with van der Waals surface area (Å²) in [6.45, 7) is 0.439. The molecule has 0 aliphatic heterocycles. The van der Waals surface area contributed by atoms with Crippen molar-refractivity contribution >= 4 is 11.9 Å². The smallest absolute Gasteiger partial charge is 0.324 e. The molecule has 1 aliphatic carbocycles. The summed E-state index contributed by atoms with van der Waals surface area (Å²) in [6.07, 6.45) is 2.54. The number of nitrogens with zero attached hydrogens (tertiary/aromatic N) is 3. The van der Waals surface area contributed by atoms with Crippen molar-refractivity contribution in [3.05, 3.63) is 0 Å². The van der Waals surface area contributed by atoms with Crippen molar-refractivity contribution in [2.24, 2.45) is 0 Å². The molecule has 1 heterocycles. The molecule has 2 N–H and O–H groups in total. The lowest BCUT2D eigenvalue weighted by molar-refractivity contribution is -0.120. The zero-order chi connectivity index (χ0) is 13.7. The summed E-state index contributed by atoms with van der Waals surface area (Å²) in [5.41, 5.74) is 0. The number of hydrogen-bond acceptors (Lipinski definition) is 7. The molecule has 0 unspecified atom stereocenters. The molecule has 1 fully saturated rings. The molecular weight excluding hydrogens is 250 g/mol. The zero-order valence-electron chi connectivity index (χ0n) is 11.0. The monoisotopic (exact) mass is 267 g/mol. The Morgan fingerprint density at radius 2 is 1.84 bits per heavy atom. The third-order valence-electron chi connectivity index (χ3n) is 2.54. The van der Waals surface area contributed by atoms with Crippen molar-refractivity contribution in [2.45, 2.75) is 25.3 Å². The van der Waals surface area contributed by atoms with Crippen LogP contribution in [0, 0.1) is 0 Å². The van der Waals surface area contributed by atoms with E-state index in [1.165, 1.54) is 14.2 Å². The van der Waals surface area contributed by atoms with Crippen LogP contribution in [-0.2, 0) is 4.79 Å². The minimum absolute atomic E-state index is 0.0305. The number of ether oxygens (including phenoxy) is 2. The number of aromatic nitrogens is 3. The highest BCUT2D eigenvalue weighted by molar-refractivity contribution is 5.77. The maximum Gasteiger partial charge on any atom is 0.324 e. The molecule has 8 nitrogen and oxygen atoms in total. The lowest BCUT2D eigenvalue weighted by atomic mass is 10.4. The van der Waals surface area contributed by atoms with E-state index in [2.05, 4.69) is 25.6 Å². The minimum Gasteiger partial charge on any atom is -0.467 e. The van der Waals surface area contributed by atoms with Crippen molar-refractivity contribution < 1.29 is 14.3 Å². The Morgan fingerprint density at radius 1 is 1.21 bits per heavy atom. The van der Waals surface area contributed by atoms with Gasteiger partial charge < -0.3 is 20.1 Å². The number of methoxy groups -OCH3 is 2. The molecule has 0 saturated heterocycles. The number of amides is 1. The second-order valence-corrected chi connectivity index (χ2v) is 4.15. The van der Waals surface area contributed by atoms with E-state index < -0.39 is 0 Å². The molecule has 1 saturated carbocycles. The SMILES string of the molecule is COc1nc(NCCC(=O)NC2CC2)nc(OC)n1. The van der Waals surface area contributed by atoms with Gasteiger partial charge >= 0.3 is 12.0 Å². The highest BCUT2D eigenvalue weighted by atomic mass is 16.5. The lowest BCUT2D eigenvalue weighted by Crippen LogP contribution is -2.27. The second kappa shape index (κ2) is 6.17. The number of carbonyl (C=O) groups excluding carboxylic acids is 1. The molecule has 1 amide bonds. The molecule has 1 aromatic heterocycles. The topological polar surface area (TPSA) is 98.3 Å². The summed E-state index contributed by atoms with van der Waals surface area (Å²) in [5.74, 6) is 0.353. The predicted octanol–water partition coefficient (Wildman–Crippen LogP) is -0.0306. The van der Waals surface area contributed by atoms with Gasteiger partial charge in [-0.1, -0.05) is 0 Å². The Balaban J connectivity index is 1.82. The van der Waals surface area contributed by atoms with E-state index in [0.29, 0.717) is 25.0 Å². The van der Waals surface area contributed by atoms with Crippen LogP contribution in [0.1, 0.15) is 19.3 Å². The van der Waals surface area contributed by atoms with Crippen LogP contribution in [0.5, 0.6) is 12.0 Å². The number of carbonyl (C=O) groups is 1. The van der Waals surface area contributed by atoms with Crippen molar-refractivity contribution in [3.63, 3.8) is 0 Å². The predicted molar refractivity (Wildman–Crippen MR) is 67.2 cm³/mol. The summed E-state index contributed by atoms with van der Waals surface area (Å²) >= 11 is 0. The Hall–Kier alpha value is -2.12. The molecule has 0 spiro atoms. The molecule has 19 heavy (non-hydrogen) atoms. The first-order valence-electron chi connectivity index (χ1n) is 6.08. The summed E-state index contributed by atoms with van der Waals surface area (Å²) in [6, 6.07) is 0.707. The summed E-state index contributed by atoms with van der Waals surface area (Å²) < 4.78 is 9.85. The molecule has 2 rings (SSSR count). The van der Waals surface area contributed by atoms with Crippen molar-refractivity contribution in [2.75, 3.05) is 26.1 Å². The first-order valence-corrected chi connectivity index (χ1v) is 6.08. The van der Waals surface area contributed by atoms with E-state index in [1.54, 1.807) is 0 Å². The van der Waals surface area contributed by atoms with Crippen LogP contribution in [0.2, 0.25) is 0 Å². The van der Waals surface area contributed by atoms with Gasteiger partial charge in [-0.25, -0.2) is 0 Å². The van der Waals surface area contributed by atoms with Crippen molar-refractivity contribution in [1.82, 2.24) is 20.3 Å². The molecular formula is C11H17N5O3. The molecule has 1 aromatic rings. The fourth-order valence-electron chi connectivity index (χ4n) is 1.41. The van der Waals surface area contributed by atoms with E-state index >= 15 is 0 Å². The normalized spacial score (nSPS) is 13.8. The van der Waals surface area contributed by atoms with Gasteiger partial charge in [-0.05, 0) is 12.8 Å². The van der Waals surface area contributed by atoms with E-state index in [9.17, 15) is 4.79 Å². The van der Waals surface area contributed by atoms with Crippen LogP contribution in [0.25, 0.3) is 0 Å². The molecule has 1 aliphatic rings. The van der Waals surface area contributed by atoms with Gasteiger partial charge in [0.2, 0.25) is 11.9 Å². The molecule has 104 valence electrons. The number of hydrogen-bond donors (Lipinski definition) is 2. The average Bonchev–Trinajstić information content (AvgIpc) is 3.22. The van der Waals surface area contributed by atoms with Crippen molar-refractivity contribution in [1.29, 1.82) is 0 Å². The second-order valence-electron chi connectivity index (χ2n) is 4.15. The van der Waals surface area contributed by atoms with Crippen LogP contribution in [0.4, 0.5) is 5.95 Å². The Bertz CT molecular complexity index is 428. The molecule has 0 radical (unpaired) electrons. The van der Waals surface area contributed by atoms with Gasteiger partial charge in [0.1, 0.15) is 0 Å². The summed E-state index contributed by atoms with van der Waals surface area (Å²) in [5, 5.41) is 5.84. The maximum absolute atomic E-state index is 11.5. The van der Waals surface area contributed by atoms with Gasteiger partial charge in [0.15, 0.2) is 0 Å². The van der Waals surface area contributed by atoms with Crippen molar-refractivity contribution in [3.8, 4) is 12.0 Å². The first kappa shape index (κ1) is 13.3. The number of nitrogens with one attached hydrogen (secondary N) is 2. The minimum atomic E-state index is 0.0305. The maximum atomic E-state index is 11.5.